The highest BCUT2D eigenvalue weighted by atomic mass is 16.5. The van der Waals surface area contributed by atoms with Gasteiger partial charge in [0.2, 0.25) is 5.91 Å². The summed E-state index contributed by atoms with van der Waals surface area (Å²) in [6.45, 7) is 1.88. The topological polar surface area (TPSA) is 111 Å². The lowest BCUT2D eigenvalue weighted by atomic mass is 9.72. The number of para-hydroxylation sites is 1. The van der Waals surface area contributed by atoms with E-state index in [1.807, 2.05) is 6.34 Å². The number of nitrogens with zero attached hydrogens (tertiary/aromatic N) is 2. The highest BCUT2D eigenvalue weighted by Gasteiger charge is 2.38. The highest BCUT2D eigenvalue weighted by molar-refractivity contribution is 6.47. The second-order valence-corrected chi connectivity index (χ2v) is 8.12. The third kappa shape index (κ3) is 4.39. The zero-order valence-electron chi connectivity index (χ0n) is 16.3. The Balaban J connectivity index is 1.29. The van der Waals surface area contributed by atoms with Gasteiger partial charge in [-0.2, -0.15) is 0 Å². The van der Waals surface area contributed by atoms with Crippen molar-refractivity contribution < 1.29 is 24.4 Å². The Morgan fingerprint density at radius 3 is 2.76 bits per heavy atom. The molecule has 0 unspecified atom stereocenters. The summed E-state index contributed by atoms with van der Waals surface area (Å²) in [5.74, 6) is -1.26. The number of hydrogen-bond donors (Lipinski definition) is 3. The molecular weight excluding hydrogens is 373 g/mol. The lowest BCUT2D eigenvalue weighted by molar-refractivity contribution is -0.122. The largest absolute Gasteiger partial charge is 0.547 e. The molecule has 1 fully saturated rings. The van der Waals surface area contributed by atoms with E-state index in [0.29, 0.717) is 30.4 Å². The molecule has 3 aliphatic rings. The maximum absolute atomic E-state index is 12.5. The number of aliphatic imine (C=N–C) groups is 1. The van der Waals surface area contributed by atoms with E-state index < -0.39 is 19.0 Å². The average Bonchev–Trinajstić information content (AvgIpc) is 3.23. The first kappa shape index (κ1) is 19.8. The molecular formula is C20H26BN3O5. The quantitative estimate of drug-likeness (QED) is 0.640. The number of aromatic carboxylic acids is 1. The number of nitrogens with one attached hydrogen (secondary N) is 1. The van der Waals surface area contributed by atoms with Crippen LogP contribution in [0.15, 0.2) is 23.2 Å². The molecule has 1 saturated carbocycles. The van der Waals surface area contributed by atoms with Gasteiger partial charge in [0.05, 0.1) is 24.4 Å². The molecule has 9 heteroatoms. The van der Waals surface area contributed by atoms with Gasteiger partial charge < -0.3 is 25.0 Å². The van der Waals surface area contributed by atoms with Gasteiger partial charge in [0.15, 0.2) is 0 Å². The van der Waals surface area contributed by atoms with Crippen LogP contribution in [0.25, 0.3) is 0 Å². The van der Waals surface area contributed by atoms with Gasteiger partial charge in [0.25, 0.3) is 0 Å². The number of hydrogen-bond acceptors (Lipinski definition) is 6. The standard InChI is InChI=1S/C20H26BN3O5/c25-18(10-13-4-6-15(7-5-13)24-9-8-22-12-24)23-17-11-14-2-1-3-16(20(26)27)19(14)29-21(17)28/h1-3,12-13,15,17,28H,4-11H2,(H,23,25)(H,26,27)/t13-,15-,17-/m0/s1. The molecule has 1 aliphatic carbocycles. The van der Waals surface area contributed by atoms with Crippen LogP contribution in [-0.4, -0.2) is 65.4 Å². The van der Waals surface area contributed by atoms with E-state index in [-0.39, 0.29) is 17.2 Å². The molecule has 0 spiro atoms. The molecule has 2 heterocycles. The van der Waals surface area contributed by atoms with Gasteiger partial charge in [-0.05, 0) is 49.7 Å². The third-order valence-electron chi connectivity index (χ3n) is 6.17. The van der Waals surface area contributed by atoms with Crippen LogP contribution < -0.4 is 9.97 Å². The molecule has 4 rings (SSSR count). The van der Waals surface area contributed by atoms with Crippen LogP contribution in [0, 0.1) is 5.92 Å². The third-order valence-corrected chi connectivity index (χ3v) is 6.17. The minimum absolute atomic E-state index is 0.0196. The van der Waals surface area contributed by atoms with Crippen LogP contribution in [-0.2, 0) is 11.2 Å². The molecule has 8 nitrogen and oxygen atoms in total. The molecule has 1 atom stereocenters. The lowest BCUT2D eigenvalue weighted by Crippen LogP contribution is -2.53. The first-order chi connectivity index (χ1) is 14.0. The summed E-state index contributed by atoms with van der Waals surface area (Å²) in [6.07, 6.45) is 6.90. The molecule has 0 saturated heterocycles. The zero-order valence-corrected chi connectivity index (χ0v) is 16.3. The Labute approximate surface area is 170 Å². The molecule has 1 aromatic carbocycles. The number of fused-ring (bicyclic) bond motifs is 1. The van der Waals surface area contributed by atoms with Crippen LogP contribution in [0.1, 0.15) is 48.0 Å². The van der Waals surface area contributed by atoms with E-state index in [2.05, 4.69) is 15.2 Å². The van der Waals surface area contributed by atoms with Crippen LogP contribution >= 0.6 is 0 Å². The van der Waals surface area contributed by atoms with Crippen LogP contribution in [0.2, 0.25) is 0 Å². The Morgan fingerprint density at radius 2 is 2.07 bits per heavy atom. The molecule has 2 aliphatic heterocycles. The zero-order chi connectivity index (χ0) is 20.4. The average molecular weight is 399 g/mol. The summed E-state index contributed by atoms with van der Waals surface area (Å²) < 4.78 is 5.44. The molecule has 3 N–H and O–H groups in total. The predicted octanol–water partition coefficient (Wildman–Crippen LogP) is 1.12. The van der Waals surface area contributed by atoms with Gasteiger partial charge in [-0.1, -0.05) is 12.1 Å². The number of carbonyl (C=O) groups is 2. The molecule has 1 amide bonds. The molecule has 0 radical (unpaired) electrons. The maximum atomic E-state index is 12.5. The SMILES string of the molecule is O=C(C[C@H]1CC[C@H](N2C=NCC2)CC1)N[C@H]1Cc2cccc(C(=O)O)c2OB1O. The summed E-state index contributed by atoms with van der Waals surface area (Å²) in [6, 6.07) is 5.38. The van der Waals surface area contributed by atoms with E-state index in [1.165, 1.54) is 6.07 Å². The van der Waals surface area contributed by atoms with Crippen molar-refractivity contribution in [2.24, 2.45) is 10.9 Å². The van der Waals surface area contributed by atoms with Gasteiger partial charge in [-0.25, -0.2) is 4.79 Å². The smallest absolute Gasteiger partial charge is 0.534 e. The molecule has 154 valence electrons. The Kier molecular flexibility index (Phi) is 5.75. The number of rotatable bonds is 5. The first-order valence-corrected chi connectivity index (χ1v) is 10.3. The minimum atomic E-state index is -1.27. The molecule has 29 heavy (non-hydrogen) atoms. The van der Waals surface area contributed by atoms with Crippen LogP contribution in [0.5, 0.6) is 5.75 Å². The Bertz CT molecular complexity index is 809. The van der Waals surface area contributed by atoms with Crippen molar-refractivity contribution in [3.05, 3.63) is 29.3 Å². The monoisotopic (exact) mass is 399 g/mol. The maximum Gasteiger partial charge on any atom is 0.547 e. The number of carboxylic acids is 1. The molecule has 0 aromatic heterocycles. The van der Waals surface area contributed by atoms with Crippen molar-refractivity contribution in [2.75, 3.05) is 13.1 Å². The number of amides is 1. The van der Waals surface area contributed by atoms with Crippen LogP contribution in [0.4, 0.5) is 0 Å². The van der Waals surface area contributed by atoms with Crippen molar-refractivity contribution in [3.8, 4) is 5.75 Å². The predicted molar refractivity (Wildman–Crippen MR) is 108 cm³/mol. The second kappa shape index (κ2) is 8.45. The van der Waals surface area contributed by atoms with Gasteiger partial charge in [0, 0.05) is 19.0 Å². The van der Waals surface area contributed by atoms with E-state index >= 15 is 0 Å². The minimum Gasteiger partial charge on any atom is -0.534 e. The van der Waals surface area contributed by atoms with Gasteiger partial charge >= 0.3 is 13.1 Å². The lowest BCUT2D eigenvalue weighted by Gasteiger charge is -2.34. The second-order valence-electron chi connectivity index (χ2n) is 8.12. The van der Waals surface area contributed by atoms with E-state index in [0.717, 1.165) is 38.8 Å². The Morgan fingerprint density at radius 1 is 1.28 bits per heavy atom. The number of carboxylic acid groups (broad SMARTS) is 1. The van der Waals surface area contributed by atoms with Gasteiger partial charge in [-0.3, -0.25) is 9.79 Å². The Hall–Kier alpha value is -2.55. The fourth-order valence-corrected chi connectivity index (χ4v) is 4.60. The van der Waals surface area contributed by atoms with Crippen molar-refractivity contribution in [1.29, 1.82) is 0 Å². The summed E-state index contributed by atoms with van der Waals surface area (Å²) in [4.78, 5) is 30.5. The van der Waals surface area contributed by atoms with E-state index in [1.54, 1.807) is 12.1 Å². The van der Waals surface area contributed by atoms with Crippen molar-refractivity contribution in [3.63, 3.8) is 0 Å². The summed E-state index contributed by atoms with van der Waals surface area (Å²) >= 11 is 0. The van der Waals surface area contributed by atoms with E-state index in [4.69, 9.17) is 4.65 Å². The summed E-state index contributed by atoms with van der Waals surface area (Å²) in [5.41, 5.74) is 0.694. The molecule has 0 bridgehead atoms. The fraction of sp³-hybridized carbons (Fsp3) is 0.550. The summed E-state index contributed by atoms with van der Waals surface area (Å²) in [7, 11) is -1.27. The summed E-state index contributed by atoms with van der Waals surface area (Å²) in [5, 5.41) is 22.4. The van der Waals surface area contributed by atoms with E-state index in [9.17, 15) is 19.7 Å². The number of benzene rings is 1. The van der Waals surface area contributed by atoms with Gasteiger partial charge in [-0.15, -0.1) is 0 Å². The van der Waals surface area contributed by atoms with Crippen molar-refractivity contribution in [1.82, 2.24) is 10.2 Å². The number of carbonyl (C=O) groups excluding carboxylic acids is 1. The van der Waals surface area contributed by atoms with Crippen molar-refractivity contribution in [2.45, 2.75) is 50.5 Å². The molecule has 1 aromatic rings. The first-order valence-electron chi connectivity index (χ1n) is 10.3. The van der Waals surface area contributed by atoms with Crippen LogP contribution in [0.3, 0.4) is 0 Å². The fourth-order valence-electron chi connectivity index (χ4n) is 4.60. The van der Waals surface area contributed by atoms with Crippen molar-refractivity contribution >= 4 is 25.3 Å². The highest BCUT2D eigenvalue weighted by Crippen LogP contribution is 2.31. The normalized spacial score (nSPS) is 26.0. The van der Waals surface area contributed by atoms with Gasteiger partial charge in [0.1, 0.15) is 5.75 Å².